The SMILES string of the molecule is Cc1ccc(OCCCCn2c(C(C)N3CCCCCC3)nc3ccccc32)cc1. The summed E-state index contributed by atoms with van der Waals surface area (Å²) in [5.74, 6) is 2.18. The van der Waals surface area contributed by atoms with E-state index in [4.69, 9.17) is 9.72 Å². The molecule has 3 aromatic rings. The van der Waals surface area contributed by atoms with E-state index in [2.05, 4.69) is 71.8 Å². The van der Waals surface area contributed by atoms with Crippen LogP contribution >= 0.6 is 0 Å². The van der Waals surface area contributed by atoms with E-state index in [1.807, 2.05) is 0 Å². The maximum absolute atomic E-state index is 5.92. The van der Waals surface area contributed by atoms with Crippen molar-refractivity contribution in [2.24, 2.45) is 0 Å². The van der Waals surface area contributed by atoms with Crippen molar-refractivity contribution in [2.45, 2.75) is 65.0 Å². The van der Waals surface area contributed by atoms with Crippen LogP contribution in [0.3, 0.4) is 0 Å². The molecule has 2 heterocycles. The van der Waals surface area contributed by atoms with Crippen molar-refractivity contribution in [3.63, 3.8) is 0 Å². The number of fused-ring (bicyclic) bond motifs is 1. The lowest BCUT2D eigenvalue weighted by atomic mass is 10.2. The van der Waals surface area contributed by atoms with E-state index in [0.717, 1.165) is 37.3 Å². The highest BCUT2D eigenvalue weighted by molar-refractivity contribution is 5.76. The molecule has 0 amide bonds. The summed E-state index contributed by atoms with van der Waals surface area (Å²) in [6, 6.07) is 17.2. The van der Waals surface area contributed by atoms with E-state index >= 15 is 0 Å². The highest BCUT2D eigenvalue weighted by atomic mass is 16.5. The van der Waals surface area contributed by atoms with Crippen molar-refractivity contribution < 1.29 is 4.74 Å². The highest BCUT2D eigenvalue weighted by Gasteiger charge is 2.23. The molecule has 0 saturated carbocycles. The van der Waals surface area contributed by atoms with Crippen molar-refractivity contribution in [3.8, 4) is 5.75 Å². The number of hydrogen-bond acceptors (Lipinski definition) is 3. The van der Waals surface area contributed by atoms with Gasteiger partial charge in [0.1, 0.15) is 11.6 Å². The van der Waals surface area contributed by atoms with Crippen LogP contribution in [0.4, 0.5) is 0 Å². The molecule has 1 fully saturated rings. The molecule has 4 nitrogen and oxygen atoms in total. The van der Waals surface area contributed by atoms with Crippen LogP contribution in [0.2, 0.25) is 0 Å². The predicted octanol–water partition coefficient (Wildman–Crippen LogP) is 6.14. The molecule has 1 saturated heterocycles. The molecular formula is C26H35N3O. The van der Waals surface area contributed by atoms with E-state index in [9.17, 15) is 0 Å². The van der Waals surface area contributed by atoms with Gasteiger partial charge in [-0.3, -0.25) is 4.90 Å². The molecule has 0 aliphatic carbocycles. The molecule has 1 aliphatic rings. The minimum absolute atomic E-state index is 0.360. The summed E-state index contributed by atoms with van der Waals surface area (Å²) in [7, 11) is 0. The number of ether oxygens (including phenoxy) is 1. The van der Waals surface area contributed by atoms with Gasteiger partial charge in [0.2, 0.25) is 0 Å². The predicted molar refractivity (Wildman–Crippen MR) is 124 cm³/mol. The molecule has 4 heteroatoms. The van der Waals surface area contributed by atoms with E-state index < -0.39 is 0 Å². The van der Waals surface area contributed by atoms with E-state index in [0.29, 0.717) is 6.04 Å². The number of imidazole rings is 1. The molecule has 1 aromatic heterocycles. The zero-order chi connectivity index (χ0) is 20.8. The van der Waals surface area contributed by atoms with Gasteiger partial charge in [-0.25, -0.2) is 4.98 Å². The van der Waals surface area contributed by atoms with Crippen LogP contribution in [-0.2, 0) is 6.54 Å². The van der Waals surface area contributed by atoms with Crippen LogP contribution in [0.5, 0.6) is 5.75 Å². The van der Waals surface area contributed by atoms with E-state index in [-0.39, 0.29) is 0 Å². The maximum atomic E-state index is 5.92. The molecule has 0 bridgehead atoms. The average Bonchev–Trinajstić information content (AvgIpc) is 2.93. The normalized spacial score (nSPS) is 16.5. The Balaban J connectivity index is 1.41. The zero-order valence-corrected chi connectivity index (χ0v) is 18.5. The third-order valence-corrected chi connectivity index (χ3v) is 6.31. The van der Waals surface area contributed by atoms with Crippen molar-refractivity contribution in [2.75, 3.05) is 19.7 Å². The highest BCUT2D eigenvalue weighted by Crippen LogP contribution is 2.27. The van der Waals surface area contributed by atoms with Crippen molar-refractivity contribution in [1.82, 2.24) is 14.5 Å². The fraction of sp³-hybridized carbons (Fsp3) is 0.500. The summed E-state index contributed by atoms with van der Waals surface area (Å²) in [4.78, 5) is 7.69. The molecule has 1 aliphatic heterocycles. The molecule has 0 N–H and O–H groups in total. The summed E-state index contributed by atoms with van der Waals surface area (Å²) in [5, 5.41) is 0. The third-order valence-electron chi connectivity index (χ3n) is 6.31. The Hall–Kier alpha value is -2.33. The molecule has 30 heavy (non-hydrogen) atoms. The Morgan fingerprint density at radius 2 is 1.67 bits per heavy atom. The molecule has 0 spiro atoms. The first kappa shape index (κ1) is 20.9. The van der Waals surface area contributed by atoms with Crippen LogP contribution < -0.4 is 4.74 Å². The van der Waals surface area contributed by atoms with Crippen molar-refractivity contribution >= 4 is 11.0 Å². The number of unbranched alkanes of at least 4 members (excludes halogenated alkanes) is 1. The number of aryl methyl sites for hydroxylation is 2. The fourth-order valence-electron chi connectivity index (χ4n) is 4.49. The summed E-state index contributed by atoms with van der Waals surface area (Å²) in [5.41, 5.74) is 3.64. The van der Waals surface area contributed by atoms with Gasteiger partial charge in [-0.15, -0.1) is 0 Å². The Bertz CT molecular complexity index is 923. The monoisotopic (exact) mass is 405 g/mol. The second-order valence-corrected chi connectivity index (χ2v) is 8.61. The van der Waals surface area contributed by atoms with Crippen LogP contribution in [0.25, 0.3) is 11.0 Å². The van der Waals surface area contributed by atoms with Gasteiger partial charge in [0.05, 0.1) is 23.7 Å². The quantitative estimate of drug-likeness (QED) is 0.422. The summed E-state index contributed by atoms with van der Waals surface area (Å²) in [6.45, 7) is 8.56. The van der Waals surface area contributed by atoms with Gasteiger partial charge in [-0.05, 0) is 76.9 Å². The zero-order valence-electron chi connectivity index (χ0n) is 18.5. The van der Waals surface area contributed by atoms with Crippen LogP contribution in [-0.4, -0.2) is 34.1 Å². The van der Waals surface area contributed by atoms with Gasteiger partial charge in [0.25, 0.3) is 0 Å². The van der Waals surface area contributed by atoms with Gasteiger partial charge >= 0.3 is 0 Å². The van der Waals surface area contributed by atoms with Crippen LogP contribution in [0, 0.1) is 6.92 Å². The first-order valence-corrected chi connectivity index (χ1v) is 11.6. The van der Waals surface area contributed by atoms with E-state index in [1.165, 1.54) is 55.7 Å². The molecule has 4 rings (SSSR count). The Morgan fingerprint density at radius 1 is 0.933 bits per heavy atom. The molecule has 0 radical (unpaired) electrons. The molecular weight excluding hydrogens is 370 g/mol. The minimum Gasteiger partial charge on any atom is -0.494 e. The summed E-state index contributed by atoms with van der Waals surface area (Å²) in [6.07, 6.45) is 7.47. The lowest BCUT2D eigenvalue weighted by Gasteiger charge is -2.27. The van der Waals surface area contributed by atoms with Gasteiger partial charge in [0.15, 0.2) is 0 Å². The smallest absolute Gasteiger partial charge is 0.127 e. The lowest BCUT2D eigenvalue weighted by Crippen LogP contribution is -2.30. The second kappa shape index (κ2) is 10.1. The first-order chi connectivity index (χ1) is 14.7. The third kappa shape index (κ3) is 5.04. The number of nitrogens with zero attached hydrogens (tertiary/aromatic N) is 3. The average molecular weight is 406 g/mol. The van der Waals surface area contributed by atoms with E-state index in [1.54, 1.807) is 0 Å². The van der Waals surface area contributed by atoms with Crippen LogP contribution in [0.15, 0.2) is 48.5 Å². The number of para-hydroxylation sites is 2. The topological polar surface area (TPSA) is 30.3 Å². The number of hydrogen-bond donors (Lipinski definition) is 0. The molecule has 1 atom stereocenters. The largest absolute Gasteiger partial charge is 0.494 e. The van der Waals surface area contributed by atoms with Crippen LogP contribution in [0.1, 0.15) is 62.9 Å². The van der Waals surface area contributed by atoms with Crippen molar-refractivity contribution in [3.05, 3.63) is 59.9 Å². The summed E-state index contributed by atoms with van der Waals surface area (Å²) < 4.78 is 8.38. The molecule has 2 aromatic carbocycles. The number of benzene rings is 2. The Kier molecular flexibility index (Phi) is 7.06. The summed E-state index contributed by atoms with van der Waals surface area (Å²) >= 11 is 0. The van der Waals surface area contributed by atoms with Gasteiger partial charge in [-0.2, -0.15) is 0 Å². The Morgan fingerprint density at radius 3 is 2.43 bits per heavy atom. The van der Waals surface area contributed by atoms with Gasteiger partial charge in [-0.1, -0.05) is 42.7 Å². The van der Waals surface area contributed by atoms with Gasteiger partial charge in [0, 0.05) is 6.54 Å². The molecule has 1 unspecified atom stereocenters. The molecule has 160 valence electrons. The fourth-order valence-corrected chi connectivity index (χ4v) is 4.49. The number of likely N-dealkylation sites (tertiary alicyclic amines) is 1. The lowest BCUT2D eigenvalue weighted by molar-refractivity contribution is 0.207. The Labute approximate surface area is 180 Å². The first-order valence-electron chi connectivity index (χ1n) is 11.6. The maximum Gasteiger partial charge on any atom is 0.127 e. The number of aromatic nitrogens is 2. The minimum atomic E-state index is 0.360. The van der Waals surface area contributed by atoms with Crippen molar-refractivity contribution in [1.29, 1.82) is 0 Å². The van der Waals surface area contributed by atoms with Gasteiger partial charge < -0.3 is 9.30 Å². The standard InChI is InChI=1S/C26H35N3O/c1-21-13-15-23(16-14-21)30-20-10-9-19-29-25-12-6-5-11-24(25)27-26(29)22(2)28-17-7-3-4-8-18-28/h5-6,11-16,22H,3-4,7-10,17-20H2,1-2H3. The number of rotatable bonds is 8. The second-order valence-electron chi connectivity index (χ2n) is 8.61.